The first-order valence-corrected chi connectivity index (χ1v) is 8.16. The summed E-state index contributed by atoms with van der Waals surface area (Å²) in [5, 5.41) is 12.3. The molecule has 23 heavy (non-hydrogen) atoms. The molecule has 0 fully saturated rings. The number of nitro benzene ring substituents is 1. The summed E-state index contributed by atoms with van der Waals surface area (Å²) in [4.78, 5) is 26.0. The van der Waals surface area contributed by atoms with E-state index in [2.05, 4.69) is 4.98 Å². The van der Waals surface area contributed by atoms with Crippen LogP contribution < -0.4 is 4.31 Å². The zero-order valence-electron chi connectivity index (χ0n) is 11.7. The second-order valence-corrected chi connectivity index (χ2v) is 5.71. The minimum Gasteiger partial charge on any atom is -0.449 e. The Hall–Kier alpha value is -2.37. The molecule has 0 saturated carbocycles. The normalized spacial score (nSPS) is 11.7. The van der Waals surface area contributed by atoms with Gasteiger partial charge < -0.3 is 4.74 Å². The maximum atomic E-state index is 11.7. The van der Waals surface area contributed by atoms with Gasteiger partial charge in [0.2, 0.25) is 5.13 Å². The molecule has 11 heteroatoms. The predicted octanol–water partition coefficient (Wildman–Crippen LogP) is 2.82. The standard InChI is InChI=1S/C12H11N3O6S2/c1-2-21-12(16)14(23(19)20)11-13-10(7-22-11)8-4-3-5-9(6-8)15(17)18/h3-7H,2H2,1H3,(H,19,20). The number of nitrogens with zero attached hydrogens (tertiary/aromatic N) is 3. The van der Waals surface area contributed by atoms with E-state index in [1.54, 1.807) is 13.0 Å². The van der Waals surface area contributed by atoms with Gasteiger partial charge in [-0.15, -0.1) is 15.6 Å². The molecule has 1 unspecified atom stereocenters. The fourth-order valence-corrected chi connectivity index (χ4v) is 3.06. The van der Waals surface area contributed by atoms with E-state index in [0.29, 0.717) is 15.6 Å². The molecular formula is C12H11N3O6S2. The summed E-state index contributed by atoms with van der Waals surface area (Å²) in [6, 6.07) is 5.77. The number of non-ortho nitro benzene ring substituents is 1. The van der Waals surface area contributed by atoms with Gasteiger partial charge in [0.25, 0.3) is 17.0 Å². The second kappa shape index (κ2) is 7.26. The number of anilines is 1. The Morgan fingerprint density at radius 3 is 2.91 bits per heavy atom. The van der Waals surface area contributed by atoms with Gasteiger partial charge in [0.05, 0.1) is 17.2 Å². The van der Waals surface area contributed by atoms with Crippen molar-refractivity contribution in [2.45, 2.75) is 6.92 Å². The third-order valence-electron chi connectivity index (χ3n) is 2.61. The lowest BCUT2D eigenvalue weighted by Gasteiger charge is -2.13. The van der Waals surface area contributed by atoms with Gasteiger partial charge in [-0.1, -0.05) is 12.1 Å². The Labute approximate surface area is 137 Å². The Balaban J connectivity index is 2.35. The van der Waals surface area contributed by atoms with Gasteiger partial charge >= 0.3 is 6.09 Å². The summed E-state index contributed by atoms with van der Waals surface area (Å²) in [6.45, 7) is 1.60. The summed E-state index contributed by atoms with van der Waals surface area (Å²) in [6.07, 6.45) is -1.01. The molecule has 122 valence electrons. The van der Waals surface area contributed by atoms with Crippen molar-refractivity contribution in [2.24, 2.45) is 0 Å². The van der Waals surface area contributed by atoms with Crippen molar-refractivity contribution in [2.75, 3.05) is 10.9 Å². The largest absolute Gasteiger partial charge is 0.449 e. The van der Waals surface area contributed by atoms with E-state index in [1.807, 2.05) is 0 Å². The highest BCUT2D eigenvalue weighted by Gasteiger charge is 2.26. The fraction of sp³-hybridized carbons (Fsp3) is 0.167. The van der Waals surface area contributed by atoms with E-state index in [0.717, 1.165) is 11.3 Å². The lowest BCUT2D eigenvalue weighted by atomic mass is 10.1. The van der Waals surface area contributed by atoms with Crippen LogP contribution >= 0.6 is 11.3 Å². The number of nitro groups is 1. The Morgan fingerprint density at radius 1 is 1.57 bits per heavy atom. The molecule has 0 spiro atoms. The molecule has 0 aliphatic carbocycles. The number of hydrogen-bond donors (Lipinski definition) is 1. The first-order valence-electron chi connectivity index (χ1n) is 6.22. The van der Waals surface area contributed by atoms with Crippen LogP contribution in [-0.2, 0) is 16.0 Å². The molecule has 1 aromatic carbocycles. The number of carbonyl (C=O) groups excluding carboxylic acids is 1. The molecule has 0 bridgehead atoms. The van der Waals surface area contributed by atoms with Gasteiger partial charge in [-0.05, 0) is 6.92 Å². The van der Waals surface area contributed by atoms with Crippen molar-refractivity contribution in [3.8, 4) is 11.3 Å². The molecule has 2 rings (SSSR count). The number of rotatable bonds is 5. The summed E-state index contributed by atoms with van der Waals surface area (Å²) in [7, 11) is 0. The van der Waals surface area contributed by atoms with E-state index in [1.165, 1.54) is 23.6 Å². The molecule has 1 aromatic heterocycles. The SMILES string of the molecule is CCOC(=O)N(c1nc(-c2cccc([N+](=O)[O-])c2)cs1)S(=O)O. The van der Waals surface area contributed by atoms with Crippen LogP contribution in [0.4, 0.5) is 15.6 Å². The zero-order valence-corrected chi connectivity index (χ0v) is 13.4. The van der Waals surface area contributed by atoms with Crippen LogP contribution in [0.15, 0.2) is 29.6 Å². The van der Waals surface area contributed by atoms with Crippen LogP contribution in [0.3, 0.4) is 0 Å². The zero-order chi connectivity index (χ0) is 17.0. The van der Waals surface area contributed by atoms with Crippen LogP contribution in [0.5, 0.6) is 0 Å². The van der Waals surface area contributed by atoms with E-state index in [4.69, 9.17) is 4.74 Å². The smallest absolute Gasteiger partial charge is 0.430 e. The number of thiazole rings is 1. The summed E-state index contributed by atoms with van der Waals surface area (Å²) in [5.41, 5.74) is 0.688. The average Bonchev–Trinajstić information content (AvgIpc) is 2.97. The highest BCUT2D eigenvalue weighted by Crippen LogP contribution is 2.30. The third-order valence-corrected chi connectivity index (χ3v) is 4.18. The third kappa shape index (κ3) is 3.88. The lowest BCUT2D eigenvalue weighted by Crippen LogP contribution is -2.32. The Morgan fingerprint density at radius 2 is 2.30 bits per heavy atom. The molecule has 0 saturated heterocycles. The van der Waals surface area contributed by atoms with Crippen molar-refractivity contribution in [1.82, 2.24) is 4.98 Å². The monoisotopic (exact) mass is 357 g/mol. The molecule has 1 amide bonds. The van der Waals surface area contributed by atoms with E-state index in [9.17, 15) is 23.7 Å². The highest BCUT2D eigenvalue weighted by atomic mass is 32.2. The van der Waals surface area contributed by atoms with Gasteiger partial charge in [0.15, 0.2) is 0 Å². The summed E-state index contributed by atoms with van der Waals surface area (Å²) in [5.74, 6) is 0. The molecule has 1 atom stereocenters. The minimum atomic E-state index is -2.64. The summed E-state index contributed by atoms with van der Waals surface area (Å²) >= 11 is -1.70. The van der Waals surface area contributed by atoms with E-state index < -0.39 is 22.3 Å². The number of amides is 1. The van der Waals surface area contributed by atoms with E-state index >= 15 is 0 Å². The van der Waals surface area contributed by atoms with Crippen LogP contribution in [0, 0.1) is 10.1 Å². The molecule has 0 aliphatic rings. The molecule has 1 N–H and O–H groups in total. The number of carbonyl (C=O) groups is 1. The van der Waals surface area contributed by atoms with Gasteiger partial charge in [-0.25, -0.2) is 14.0 Å². The molecule has 9 nitrogen and oxygen atoms in total. The van der Waals surface area contributed by atoms with E-state index in [-0.39, 0.29) is 17.4 Å². The van der Waals surface area contributed by atoms with Gasteiger partial charge in [0.1, 0.15) is 0 Å². The first kappa shape index (κ1) is 17.0. The fourth-order valence-electron chi connectivity index (χ4n) is 1.66. The van der Waals surface area contributed by atoms with Crippen LogP contribution in [0.2, 0.25) is 0 Å². The lowest BCUT2D eigenvalue weighted by molar-refractivity contribution is -0.384. The molecule has 1 heterocycles. The average molecular weight is 357 g/mol. The van der Waals surface area contributed by atoms with Gasteiger partial charge in [-0.2, -0.15) is 0 Å². The maximum absolute atomic E-state index is 11.7. The number of hydrogen-bond acceptors (Lipinski definition) is 7. The van der Waals surface area contributed by atoms with Gasteiger partial charge in [0, 0.05) is 23.1 Å². The van der Waals surface area contributed by atoms with Crippen molar-refractivity contribution in [1.29, 1.82) is 0 Å². The van der Waals surface area contributed by atoms with Crippen LogP contribution in [0.25, 0.3) is 11.3 Å². The molecular weight excluding hydrogens is 346 g/mol. The summed E-state index contributed by atoms with van der Waals surface area (Å²) < 4.78 is 25.7. The van der Waals surface area contributed by atoms with Crippen LogP contribution in [-0.4, -0.2) is 31.4 Å². The molecule has 0 aliphatic heterocycles. The first-order chi connectivity index (χ1) is 10.9. The van der Waals surface area contributed by atoms with Gasteiger partial charge in [-0.3, -0.25) is 14.7 Å². The maximum Gasteiger partial charge on any atom is 0.430 e. The topological polar surface area (TPSA) is 123 Å². The van der Waals surface area contributed by atoms with Crippen LogP contribution in [0.1, 0.15) is 6.92 Å². The Bertz CT molecular complexity index is 763. The minimum absolute atomic E-state index is 0.0373. The Kier molecular flexibility index (Phi) is 5.36. The van der Waals surface area contributed by atoms with Crippen molar-refractivity contribution in [3.05, 3.63) is 39.8 Å². The number of benzene rings is 1. The number of aromatic nitrogens is 1. The van der Waals surface area contributed by atoms with Crippen molar-refractivity contribution >= 4 is 39.5 Å². The number of ether oxygens (including phenoxy) is 1. The molecule has 0 radical (unpaired) electrons. The van der Waals surface area contributed by atoms with Crippen molar-refractivity contribution in [3.63, 3.8) is 0 Å². The second-order valence-electron chi connectivity index (χ2n) is 4.05. The predicted molar refractivity (Wildman–Crippen MR) is 84.5 cm³/mol. The highest BCUT2D eigenvalue weighted by molar-refractivity contribution is 7.81. The quantitative estimate of drug-likeness (QED) is 0.496. The van der Waals surface area contributed by atoms with Crippen molar-refractivity contribution < 1.29 is 23.2 Å². The molecule has 2 aromatic rings.